The predicted octanol–water partition coefficient (Wildman–Crippen LogP) is 2.04. The Kier molecular flexibility index (Phi) is 3.37. The Bertz CT molecular complexity index is 637. The number of hydrogen-bond acceptors (Lipinski definition) is 4. The molecule has 19 heavy (non-hydrogen) atoms. The van der Waals surface area contributed by atoms with Crippen molar-refractivity contribution in [1.29, 1.82) is 0 Å². The van der Waals surface area contributed by atoms with Crippen molar-refractivity contribution < 1.29 is 15.0 Å². The van der Waals surface area contributed by atoms with Gasteiger partial charge in [-0.2, -0.15) is 5.10 Å². The molecule has 0 aliphatic rings. The van der Waals surface area contributed by atoms with Crippen LogP contribution >= 0.6 is 0 Å². The number of nitrogens with zero attached hydrogens (tertiary/aromatic N) is 2. The number of ketones is 1. The van der Waals surface area contributed by atoms with Crippen molar-refractivity contribution in [3.8, 4) is 11.5 Å². The van der Waals surface area contributed by atoms with E-state index in [1.807, 2.05) is 20.0 Å². The van der Waals surface area contributed by atoms with E-state index in [0.717, 1.165) is 11.8 Å². The molecule has 1 aromatic heterocycles. The molecule has 2 rings (SSSR count). The highest BCUT2D eigenvalue weighted by Gasteiger charge is 2.09. The van der Waals surface area contributed by atoms with Crippen LogP contribution in [-0.2, 0) is 7.05 Å². The van der Waals surface area contributed by atoms with Gasteiger partial charge in [-0.05, 0) is 37.3 Å². The van der Waals surface area contributed by atoms with E-state index in [4.69, 9.17) is 5.11 Å². The smallest absolute Gasteiger partial charge is 0.189 e. The van der Waals surface area contributed by atoms with Gasteiger partial charge in [-0.15, -0.1) is 0 Å². The zero-order valence-electron chi connectivity index (χ0n) is 10.7. The van der Waals surface area contributed by atoms with E-state index in [1.54, 1.807) is 10.8 Å². The molecule has 0 radical (unpaired) electrons. The van der Waals surface area contributed by atoms with Gasteiger partial charge in [-0.25, -0.2) is 0 Å². The lowest BCUT2D eigenvalue weighted by atomic mass is 10.1. The molecule has 0 aliphatic heterocycles. The molecule has 0 bridgehead atoms. The highest BCUT2D eigenvalue weighted by atomic mass is 16.3. The van der Waals surface area contributed by atoms with E-state index < -0.39 is 0 Å². The van der Waals surface area contributed by atoms with Crippen LogP contribution in [0.4, 0.5) is 0 Å². The number of phenolic OH excluding ortho intramolecular Hbond substituents is 2. The molecule has 2 aromatic rings. The SMILES string of the molecule is Cc1cc(/C=C/C(=O)c2ccc(O)cc2O)nn1C. The molecule has 98 valence electrons. The molecule has 0 saturated carbocycles. The zero-order chi connectivity index (χ0) is 14.0. The molecule has 0 fully saturated rings. The number of aromatic hydroxyl groups is 2. The number of benzene rings is 1. The third kappa shape index (κ3) is 2.82. The molecule has 1 heterocycles. The van der Waals surface area contributed by atoms with E-state index in [2.05, 4.69) is 5.10 Å². The normalized spacial score (nSPS) is 11.1. The van der Waals surface area contributed by atoms with Crippen LogP contribution in [0, 0.1) is 6.92 Å². The Balaban J connectivity index is 2.21. The van der Waals surface area contributed by atoms with Gasteiger partial charge in [0, 0.05) is 18.8 Å². The summed E-state index contributed by atoms with van der Waals surface area (Å²) in [7, 11) is 1.82. The van der Waals surface area contributed by atoms with Crippen molar-refractivity contribution in [3.05, 3.63) is 47.3 Å². The molecule has 0 atom stereocenters. The quantitative estimate of drug-likeness (QED) is 0.652. The van der Waals surface area contributed by atoms with Crippen LogP contribution in [0.15, 0.2) is 30.3 Å². The molecule has 5 nitrogen and oxygen atoms in total. The van der Waals surface area contributed by atoms with E-state index >= 15 is 0 Å². The monoisotopic (exact) mass is 258 g/mol. The van der Waals surface area contributed by atoms with Gasteiger partial charge in [-0.1, -0.05) is 0 Å². The van der Waals surface area contributed by atoms with Gasteiger partial charge in [-0.3, -0.25) is 9.48 Å². The summed E-state index contributed by atoms with van der Waals surface area (Å²) in [4.78, 5) is 11.9. The third-order valence-electron chi connectivity index (χ3n) is 2.78. The summed E-state index contributed by atoms with van der Waals surface area (Å²) in [6.45, 7) is 1.91. The van der Waals surface area contributed by atoms with Crippen molar-refractivity contribution in [2.45, 2.75) is 6.92 Å². The van der Waals surface area contributed by atoms with Crippen LogP contribution in [0.5, 0.6) is 11.5 Å². The van der Waals surface area contributed by atoms with Crippen molar-refractivity contribution in [3.63, 3.8) is 0 Å². The molecule has 0 amide bonds. The summed E-state index contributed by atoms with van der Waals surface area (Å²) < 4.78 is 1.71. The Morgan fingerprint density at radius 2 is 2.05 bits per heavy atom. The second kappa shape index (κ2) is 4.97. The van der Waals surface area contributed by atoms with Crippen molar-refractivity contribution in [2.24, 2.45) is 7.05 Å². The number of hydrogen-bond donors (Lipinski definition) is 2. The molecule has 0 aliphatic carbocycles. The number of allylic oxidation sites excluding steroid dienone is 1. The van der Waals surface area contributed by atoms with Crippen LogP contribution in [-0.4, -0.2) is 25.8 Å². The van der Waals surface area contributed by atoms with Crippen LogP contribution < -0.4 is 0 Å². The Labute approximate surface area is 110 Å². The van der Waals surface area contributed by atoms with Gasteiger partial charge in [0.1, 0.15) is 11.5 Å². The van der Waals surface area contributed by atoms with Crippen LogP contribution in [0.2, 0.25) is 0 Å². The number of phenols is 2. The Morgan fingerprint density at radius 1 is 1.32 bits per heavy atom. The zero-order valence-corrected chi connectivity index (χ0v) is 10.7. The second-order valence-corrected chi connectivity index (χ2v) is 4.23. The first-order valence-corrected chi connectivity index (χ1v) is 5.72. The fourth-order valence-electron chi connectivity index (χ4n) is 1.65. The van der Waals surface area contributed by atoms with Crippen molar-refractivity contribution in [1.82, 2.24) is 9.78 Å². The molecular formula is C14H14N2O3. The van der Waals surface area contributed by atoms with Gasteiger partial charge in [0.15, 0.2) is 5.78 Å². The fourth-order valence-corrected chi connectivity index (χ4v) is 1.65. The average Bonchev–Trinajstić information content (AvgIpc) is 2.66. The first-order valence-electron chi connectivity index (χ1n) is 5.72. The predicted molar refractivity (Wildman–Crippen MR) is 71.1 cm³/mol. The Hall–Kier alpha value is -2.56. The van der Waals surface area contributed by atoms with Gasteiger partial charge in [0.25, 0.3) is 0 Å². The highest BCUT2D eigenvalue weighted by molar-refractivity contribution is 6.08. The van der Waals surface area contributed by atoms with Crippen LogP contribution in [0.25, 0.3) is 6.08 Å². The van der Waals surface area contributed by atoms with Crippen LogP contribution in [0.3, 0.4) is 0 Å². The lowest BCUT2D eigenvalue weighted by molar-refractivity contribution is 0.104. The summed E-state index contributed by atoms with van der Waals surface area (Å²) in [5.41, 5.74) is 1.80. The summed E-state index contributed by atoms with van der Waals surface area (Å²) in [6, 6.07) is 5.71. The van der Waals surface area contributed by atoms with E-state index in [9.17, 15) is 9.90 Å². The first kappa shape index (κ1) is 12.9. The maximum atomic E-state index is 11.9. The lowest BCUT2D eigenvalue weighted by Gasteiger charge is -2.00. The minimum absolute atomic E-state index is 0.0848. The molecule has 5 heteroatoms. The largest absolute Gasteiger partial charge is 0.508 e. The first-order chi connectivity index (χ1) is 8.97. The summed E-state index contributed by atoms with van der Waals surface area (Å²) >= 11 is 0. The Morgan fingerprint density at radius 3 is 2.63 bits per heavy atom. The highest BCUT2D eigenvalue weighted by Crippen LogP contribution is 2.23. The maximum absolute atomic E-state index is 11.9. The molecule has 0 spiro atoms. The number of aromatic nitrogens is 2. The van der Waals surface area contributed by atoms with Crippen molar-refractivity contribution in [2.75, 3.05) is 0 Å². The van der Waals surface area contributed by atoms with Gasteiger partial charge >= 0.3 is 0 Å². The lowest BCUT2D eigenvalue weighted by Crippen LogP contribution is -1.95. The number of carbonyl (C=O) groups is 1. The van der Waals surface area contributed by atoms with Gasteiger partial charge in [0.2, 0.25) is 0 Å². The maximum Gasteiger partial charge on any atom is 0.189 e. The summed E-state index contributed by atoms with van der Waals surface area (Å²) in [6.07, 6.45) is 2.93. The topological polar surface area (TPSA) is 75.3 Å². The average molecular weight is 258 g/mol. The summed E-state index contributed by atoms with van der Waals surface area (Å²) in [5, 5.41) is 22.9. The number of rotatable bonds is 3. The standard InChI is InChI=1S/C14H14N2O3/c1-9-7-10(15-16(9)2)3-6-13(18)12-5-4-11(17)8-14(12)19/h3-8,17,19H,1-2H3/b6-3+. The molecule has 0 unspecified atom stereocenters. The number of aryl methyl sites for hydroxylation is 2. The molecule has 2 N–H and O–H groups in total. The van der Waals surface area contributed by atoms with Gasteiger partial charge in [0.05, 0.1) is 11.3 Å². The van der Waals surface area contributed by atoms with Gasteiger partial charge < -0.3 is 10.2 Å². The second-order valence-electron chi connectivity index (χ2n) is 4.23. The molecule has 0 saturated heterocycles. The van der Waals surface area contributed by atoms with Crippen molar-refractivity contribution >= 4 is 11.9 Å². The van der Waals surface area contributed by atoms with Crippen LogP contribution in [0.1, 0.15) is 21.7 Å². The minimum Gasteiger partial charge on any atom is -0.508 e. The minimum atomic E-state index is -0.346. The van der Waals surface area contributed by atoms with E-state index in [0.29, 0.717) is 5.69 Å². The third-order valence-corrected chi connectivity index (χ3v) is 2.78. The summed E-state index contributed by atoms with van der Waals surface area (Å²) in [5.74, 6) is -0.675. The number of carbonyl (C=O) groups excluding carboxylic acids is 1. The van der Waals surface area contributed by atoms with E-state index in [1.165, 1.54) is 18.2 Å². The van der Waals surface area contributed by atoms with E-state index in [-0.39, 0.29) is 22.8 Å². The fraction of sp³-hybridized carbons (Fsp3) is 0.143. The molecule has 1 aromatic carbocycles. The molecular weight excluding hydrogens is 244 g/mol.